The number of nitrogens with two attached hydrogens (primary N) is 1. The Balaban J connectivity index is 2.00. The minimum Gasteiger partial charge on any atom is -0.495 e. The number of piperazine rings is 1. The number of methoxy groups -OCH3 is 1. The smallest absolute Gasteiger partial charge is 0.254 e. The number of nitrogen functional groups attached to an aromatic ring is 1. The zero-order valence-corrected chi connectivity index (χ0v) is 12.3. The topological polar surface area (TPSA) is 58.8 Å². The predicted molar refractivity (Wildman–Crippen MR) is 80.0 cm³/mol. The maximum atomic E-state index is 12.4. The number of benzene rings is 1. The molecule has 0 bridgehead atoms. The summed E-state index contributed by atoms with van der Waals surface area (Å²) in [6, 6.07) is 5.21. The van der Waals surface area contributed by atoms with Gasteiger partial charge >= 0.3 is 0 Å². The van der Waals surface area contributed by atoms with Crippen LogP contribution in [0.3, 0.4) is 0 Å². The van der Waals surface area contributed by atoms with Crippen LogP contribution in [0.5, 0.6) is 5.75 Å². The van der Waals surface area contributed by atoms with Crippen molar-refractivity contribution in [1.29, 1.82) is 0 Å². The Hall–Kier alpha value is -1.75. The molecular formula is C15H23N3O2. The van der Waals surface area contributed by atoms with Crippen molar-refractivity contribution >= 4 is 11.6 Å². The Kier molecular flexibility index (Phi) is 4.84. The van der Waals surface area contributed by atoms with E-state index in [1.54, 1.807) is 25.3 Å². The van der Waals surface area contributed by atoms with E-state index in [1.807, 2.05) is 4.90 Å². The van der Waals surface area contributed by atoms with Crippen LogP contribution in [-0.2, 0) is 0 Å². The lowest BCUT2D eigenvalue weighted by Crippen LogP contribution is -2.48. The number of hydrogen-bond acceptors (Lipinski definition) is 4. The van der Waals surface area contributed by atoms with E-state index in [0.717, 1.165) is 39.1 Å². The molecule has 0 aliphatic carbocycles. The molecule has 1 aliphatic rings. The molecular weight excluding hydrogens is 254 g/mol. The van der Waals surface area contributed by atoms with Crippen LogP contribution in [0.15, 0.2) is 18.2 Å². The molecule has 2 rings (SSSR count). The second kappa shape index (κ2) is 6.61. The van der Waals surface area contributed by atoms with Crippen molar-refractivity contribution in [3.05, 3.63) is 23.8 Å². The highest BCUT2D eigenvalue weighted by Crippen LogP contribution is 2.22. The van der Waals surface area contributed by atoms with Crippen molar-refractivity contribution < 1.29 is 9.53 Å². The van der Waals surface area contributed by atoms with E-state index in [9.17, 15) is 4.79 Å². The lowest BCUT2D eigenvalue weighted by atomic mass is 10.1. The van der Waals surface area contributed by atoms with Crippen LogP contribution in [0.4, 0.5) is 5.69 Å². The fraction of sp³-hybridized carbons (Fsp3) is 0.533. The van der Waals surface area contributed by atoms with Crippen LogP contribution < -0.4 is 10.5 Å². The summed E-state index contributed by atoms with van der Waals surface area (Å²) in [5.41, 5.74) is 6.99. The number of ether oxygens (including phenoxy) is 1. The summed E-state index contributed by atoms with van der Waals surface area (Å²) >= 11 is 0. The fourth-order valence-corrected chi connectivity index (χ4v) is 2.54. The van der Waals surface area contributed by atoms with Crippen LogP contribution in [0.2, 0.25) is 0 Å². The lowest BCUT2D eigenvalue weighted by molar-refractivity contribution is 0.0637. The van der Waals surface area contributed by atoms with E-state index < -0.39 is 0 Å². The molecule has 0 saturated carbocycles. The Morgan fingerprint density at radius 1 is 1.30 bits per heavy atom. The summed E-state index contributed by atoms with van der Waals surface area (Å²) in [6.45, 7) is 6.75. The summed E-state index contributed by atoms with van der Waals surface area (Å²) in [7, 11) is 1.57. The van der Waals surface area contributed by atoms with Crippen molar-refractivity contribution in [3.8, 4) is 5.75 Å². The maximum Gasteiger partial charge on any atom is 0.254 e. The molecule has 5 nitrogen and oxygen atoms in total. The molecule has 1 saturated heterocycles. The third kappa shape index (κ3) is 3.22. The summed E-state index contributed by atoms with van der Waals surface area (Å²) in [5.74, 6) is 0.657. The van der Waals surface area contributed by atoms with Gasteiger partial charge in [-0.2, -0.15) is 0 Å². The van der Waals surface area contributed by atoms with Crippen molar-refractivity contribution in [3.63, 3.8) is 0 Å². The Bertz CT molecular complexity index is 468. The van der Waals surface area contributed by atoms with E-state index in [1.165, 1.54) is 0 Å². The zero-order valence-electron chi connectivity index (χ0n) is 12.3. The summed E-state index contributed by atoms with van der Waals surface area (Å²) in [6.07, 6.45) is 1.16. The SMILES string of the molecule is CCCN1CCN(C(=O)c2ccc(OC)c(N)c2)CC1. The molecule has 1 fully saturated rings. The Morgan fingerprint density at radius 3 is 2.55 bits per heavy atom. The Labute approximate surface area is 120 Å². The number of anilines is 1. The van der Waals surface area contributed by atoms with Crippen molar-refractivity contribution in [2.45, 2.75) is 13.3 Å². The first kappa shape index (κ1) is 14.7. The molecule has 110 valence electrons. The molecule has 0 atom stereocenters. The fourth-order valence-electron chi connectivity index (χ4n) is 2.54. The van der Waals surface area contributed by atoms with E-state index in [4.69, 9.17) is 10.5 Å². The summed E-state index contributed by atoms with van der Waals surface area (Å²) in [5, 5.41) is 0. The van der Waals surface area contributed by atoms with Crippen LogP contribution in [-0.4, -0.2) is 55.5 Å². The quantitative estimate of drug-likeness (QED) is 0.846. The van der Waals surface area contributed by atoms with Gasteiger partial charge in [-0.3, -0.25) is 9.69 Å². The predicted octanol–water partition coefficient (Wildman–Crippen LogP) is 1.45. The van der Waals surface area contributed by atoms with Gasteiger partial charge in [0, 0.05) is 31.7 Å². The molecule has 1 amide bonds. The molecule has 0 spiro atoms. The second-order valence-electron chi connectivity index (χ2n) is 5.09. The van der Waals surface area contributed by atoms with Crippen molar-refractivity contribution in [1.82, 2.24) is 9.80 Å². The van der Waals surface area contributed by atoms with Gasteiger partial charge in [0.25, 0.3) is 5.91 Å². The second-order valence-corrected chi connectivity index (χ2v) is 5.09. The van der Waals surface area contributed by atoms with Crippen molar-refractivity contribution in [2.75, 3.05) is 45.6 Å². The number of carbonyl (C=O) groups excluding carboxylic acids is 1. The standard InChI is InChI=1S/C15H23N3O2/c1-3-6-17-7-9-18(10-8-17)15(19)12-4-5-14(20-2)13(16)11-12/h4-5,11H,3,6-10,16H2,1-2H3. The largest absolute Gasteiger partial charge is 0.495 e. The first-order valence-electron chi connectivity index (χ1n) is 7.11. The summed E-state index contributed by atoms with van der Waals surface area (Å²) < 4.78 is 5.11. The van der Waals surface area contributed by atoms with Gasteiger partial charge in [0.1, 0.15) is 5.75 Å². The van der Waals surface area contributed by atoms with Gasteiger partial charge < -0.3 is 15.4 Å². The minimum atomic E-state index is 0.0514. The highest BCUT2D eigenvalue weighted by Gasteiger charge is 2.22. The van der Waals surface area contributed by atoms with Gasteiger partial charge in [0.15, 0.2) is 0 Å². The molecule has 1 aliphatic heterocycles. The monoisotopic (exact) mass is 277 g/mol. The van der Waals surface area contributed by atoms with Gasteiger partial charge in [0.05, 0.1) is 12.8 Å². The summed E-state index contributed by atoms with van der Waals surface area (Å²) in [4.78, 5) is 16.7. The minimum absolute atomic E-state index is 0.0514. The lowest BCUT2D eigenvalue weighted by Gasteiger charge is -2.34. The zero-order chi connectivity index (χ0) is 14.5. The molecule has 2 N–H and O–H groups in total. The van der Waals surface area contributed by atoms with Gasteiger partial charge in [0.2, 0.25) is 0 Å². The van der Waals surface area contributed by atoms with Crippen LogP contribution in [0, 0.1) is 0 Å². The molecule has 20 heavy (non-hydrogen) atoms. The third-order valence-corrected chi connectivity index (χ3v) is 3.68. The molecule has 1 aromatic carbocycles. The third-order valence-electron chi connectivity index (χ3n) is 3.68. The Morgan fingerprint density at radius 2 is 2.00 bits per heavy atom. The van der Waals surface area contributed by atoms with Gasteiger partial charge in [-0.05, 0) is 31.2 Å². The highest BCUT2D eigenvalue weighted by atomic mass is 16.5. The van der Waals surface area contributed by atoms with Crippen LogP contribution in [0.1, 0.15) is 23.7 Å². The average molecular weight is 277 g/mol. The molecule has 1 aromatic rings. The van der Waals surface area contributed by atoms with Crippen molar-refractivity contribution in [2.24, 2.45) is 0 Å². The number of hydrogen-bond donors (Lipinski definition) is 1. The number of nitrogens with zero attached hydrogens (tertiary/aromatic N) is 2. The van der Waals surface area contributed by atoms with E-state index in [2.05, 4.69) is 11.8 Å². The first-order chi connectivity index (χ1) is 9.65. The van der Waals surface area contributed by atoms with Gasteiger partial charge in [-0.25, -0.2) is 0 Å². The molecule has 0 unspecified atom stereocenters. The first-order valence-corrected chi connectivity index (χ1v) is 7.11. The van der Waals surface area contributed by atoms with E-state index in [-0.39, 0.29) is 5.91 Å². The van der Waals surface area contributed by atoms with Gasteiger partial charge in [-0.15, -0.1) is 0 Å². The number of amides is 1. The molecule has 0 aromatic heterocycles. The molecule has 1 heterocycles. The van der Waals surface area contributed by atoms with Crippen LogP contribution >= 0.6 is 0 Å². The number of rotatable bonds is 4. The molecule has 0 radical (unpaired) electrons. The molecule has 5 heteroatoms. The van der Waals surface area contributed by atoms with E-state index in [0.29, 0.717) is 17.0 Å². The van der Waals surface area contributed by atoms with Crippen LogP contribution in [0.25, 0.3) is 0 Å². The van der Waals surface area contributed by atoms with Gasteiger partial charge in [-0.1, -0.05) is 6.92 Å². The number of carbonyl (C=O) groups is 1. The maximum absolute atomic E-state index is 12.4. The van der Waals surface area contributed by atoms with E-state index >= 15 is 0 Å². The average Bonchev–Trinajstić information content (AvgIpc) is 2.47. The highest BCUT2D eigenvalue weighted by molar-refractivity contribution is 5.95. The normalized spacial score (nSPS) is 16.2.